The van der Waals surface area contributed by atoms with Crippen LogP contribution in [0.4, 0.5) is 0 Å². The van der Waals surface area contributed by atoms with E-state index >= 15 is 0 Å². The molecule has 1 aliphatic carbocycles. The molecule has 3 heterocycles. The van der Waals surface area contributed by atoms with Crippen LogP contribution in [0.1, 0.15) is 30.4 Å². The average molecular weight is 473 g/mol. The third-order valence-corrected chi connectivity index (χ3v) is 7.10. The summed E-state index contributed by atoms with van der Waals surface area (Å²) in [6.07, 6.45) is 14.3. The molecule has 0 amide bonds. The van der Waals surface area contributed by atoms with E-state index in [0.717, 1.165) is 72.7 Å². The molecule has 0 radical (unpaired) electrons. The van der Waals surface area contributed by atoms with Crippen molar-refractivity contribution in [3.05, 3.63) is 95.4 Å². The van der Waals surface area contributed by atoms with Crippen LogP contribution >= 0.6 is 0 Å². The Bertz CT molecular complexity index is 1170. The van der Waals surface area contributed by atoms with Gasteiger partial charge in [-0.3, -0.25) is 0 Å². The van der Waals surface area contributed by atoms with Gasteiger partial charge in [-0.15, -0.1) is 0 Å². The van der Waals surface area contributed by atoms with Crippen LogP contribution in [-0.4, -0.2) is 54.9 Å². The number of likely N-dealkylation sites (tertiary alicyclic amines) is 1. The van der Waals surface area contributed by atoms with Gasteiger partial charge in [0.15, 0.2) is 0 Å². The summed E-state index contributed by atoms with van der Waals surface area (Å²) < 4.78 is 17.1. The average Bonchev–Trinajstić information content (AvgIpc) is 3.06. The fraction of sp³-hybridized carbons (Fsp3) is 0.345. The number of ether oxygens (including phenoxy) is 3. The number of rotatable bonds is 6. The SMILES string of the molecule is COc1ccc(C2(O)CCN(CCC=C3C=C4C(=CC=CC4OC)Oc4ncccc43)CC2)cc1. The van der Waals surface area contributed by atoms with Gasteiger partial charge in [-0.1, -0.05) is 30.4 Å². The predicted octanol–water partition coefficient (Wildman–Crippen LogP) is 4.63. The van der Waals surface area contributed by atoms with E-state index in [2.05, 4.69) is 22.0 Å². The molecule has 1 aromatic heterocycles. The van der Waals surface area contributed by atoms with E-state index in [4.69, 9.17) is 14.2 Å². The maximum atomic E-state index is 11.2. The Hall–Kier alpha value is -3.19. The number of piperidine rings is 1. The quantitative estimate of drug-likeness (QED) is 0.661. The van der Waals surface area contributed by atoms with Crippen LogP contribution in [-0.2, 0) is 10.3 Å². The molecule has 6 nitrogen and oxygen atoms in total. The lowest BCUT2D eigenvalue weighted by molar-refractivity contribution is -0.0254. The standard InChI is InChI=1S/C29H32N2O4/c1-33-23-12-10-22(11-13-23)29(32)14-18-31(19-15-29)17-5-6-21-20-25-26(34-2)8-3-9-27(25)35-28-24(21)7-4-16-30-28/h3-4,6-13,16,20,26,32H,5,14-15,17-19H2,1-2H3. The molecule has 2 aliphatic heterocycles. The first-order chi connectivity index (χ1) is 17.1. The summed E-state index contributed by atoms with van der Waals surface area (Å²) in [5.41, 5.74) is 3.27. The summed E-state index contributed by atoms with van der Waals surface area (Å²) in [7, 11) is 3.37. The fourth-order valence-corrected chi connectivity index (χ4v) is 4.98. The molecule has 0 spiro atoms. The van der Waals surface area contributed by atoms with Crippen molar-refractivity contribution < 1.29 is 19.3 Å². The lowest BCUT2D eigenvalue weighted by atomic mass is 9.84. The Morgan fingerprint density at radius 3 is 2.71 bits per heavy atom. The molecule has 2 aromatic rings. The molecule has 0 bridgehead atoms. The Morgan fingerprint density at radius 1 is 1.17 bits per heavy atom. The Kier molecular flexibility index (Phi) is 6.86. The number of hydrogen-bond acceptors (Lipinski definition) is 6. The highest BCUT2D eigenvalue weighted by Gasteiger charge is 2.33. The summed E-state index contributed by atoms with van der Waals surface area (Å²) in [5, 5.41) is 11.2. The van der Waals surface area contributed by atoms with Crippen molar-refractivity contribution in [2.75, 3.05) is 33.9 Å². The van der Waals surface area contributed by atoms with E-state index in [9.17, 15) is 5.11 Å². The summed E-state index contributed by atoms with van der Waals surface area (Å²) in [6, 6.07) is 11.8. The molecular formula is C29H32N2O4. The van der Waals surface area contributed by atoms with Crippen LogP contribution in [0, 0.1) is 0 Å². The van der Waals surface area contributed by atoms with E-state index < -0.39 is 5.60 Å². The Balaban J connectivity index is 1.27. The molecule has 1 fully saturated rings. The van der Waals surface area contributed by atoms with Crippen molar-refractivity contribution >= 4 is 5.57 Å². The lowest BCUT2D eigenvalue weighted by Crippen LogP contribution is -2.42. The van der Waals surface area contributed by atoms with E-state index in [1.54, 1.807) is 20.4 Å². The van der Waals surface area contributed by atoms with Crippen molar-refractivity contribution in [1.29, 1.82) is 0 Å². The second-order valence-electron chi connectivity index (χ2n) is 9.18. The van der Waals surface area contributed by atoms with Gasteiger partial charge in [0.05, 0.1) is 12.7 Å². The lowest BCUT2D eigenvalue weighted by Gasteiger charge is -2.38. The number of methoxy groups -OCH3 is 2. The van der Waals surface area contributed by atoms with Gasteiger partial charge in [-0.25, -0.2) is 4.98 Å². The first-order valence-corrected chi connectivity index (χ1v) is 12.2. The zero-order valence-electron chi connectivity index (χ0n) is 20.3. The Labute approximate surface area is 206 Å². The molecule has 1 aromatic carbocycles. The zero-order valence-corrected chi connectivity index (χ0v) is 20.3. The van der Waals surface area contributed by atoms with Crippen LogP contribution in [0.15, 0.2) is 84.3 Å². The first kappa shape index (κ1) is 23.5. The summed E-state index contributed by atoms with van der Waals surface area (Å²) in [4.78, 5) is 6.90. The third kappa shape index (κ3) is 4.96. The number of pyridine rings is 1. The largest absolute Gasteiger partial charge is 0.497 e. The molecule has 182 valence electrons. The van der Waals surface area contributed by atoms with Crippen molar-refractivity contribution in [2.24, 2.45) is 0 Å². The smallest absolute Gasteiger partial charge is 0.227 e. The van der Waals surface area contributed by atoms with Crippen LogP contribution < -0.4 is 9.47 Å². The first-order valence-electron chi connectivity index (χ1n) is 12.2. The second kappa shape index (κ2) is 10.2. The molecule has 1 saturated heterocycles. The van der Waals surface area contributed by atoms with E-state index in [1.165, 1.54) is 0 Å². The number of allylic oxidation sites excluding steroid dienone is 4. The summed E-state index contributed by atoms with van der Waals surface area (Å²) >= 11 is 0. The normalized spacial score (nSPS) is 22.4. The molecule has 1 N–H and O–H groups in total. The summed E-state index contributed by atoms with van der Waals surface area (Å²) in [6.45, 7) is 2.65. The molecular weight excluding hydrogens is 440 g/mol. The maximum Gasteiger partial charge on any atom is 0.227 e. The number of nitrogens with zero attached hydrogens (tertiary/aromatic N) is 2. The molecule has 0 saturated carbocycles. The number of aliphatic hydroxyl groups is 1. The van der Waals surface area contributed by atoms with Crippen molar-refractivity contribution in [3.63, 3.8) is 0 Å². The fourth-order valence-electron chi connectivity index (χ4n) is 4.98. The minimum Gasteiger partial charge on any atom is -0.497 e. The molecule has 35 heavy (non-hydrogen) atoms. The van der Waals surface area contributed by atoms with Gasteiger partial charge in [-0.2, -0.15) is 0 Å². The molecule has 1 atom stereocenters. The van der Waals surface area contributed by atoms with Gasteiger partial charge in [0.1, 0.15) is 17.6 Å². The van der Waals surface area contributed by atoms with Gasteiger partial charge < -0.3 is 24.2 Å². The number of benzene rings is 1. The van der Waals surface area contributed by atoms with Crippen LogP contribution in [0.2, 0.25) is 0 Å². The van der Waals surface area contributed by atoms with E-state index in [-0.39, 0.29) is 6.10 Å². The van der Waals surface area contributed by atoms with Crippen LogP contribution in [0.3, 0.4) is 0 Å². The molecule has 3 aliphatic rings. The molecule has 6 heteroatoms. The van der Waals surface area contributed by atoms with E-state index in [1.807, 2.05) is 54.6 Å². The number of aromatic nitrogens is 1. The minimum atomic E-state index is -0.776. The number of fused-ring (bicyclic) bond motifs is 2. The van der Waals surface area contributed by atoms with Gasteiger partial charge in [0, 0.05) is 44.1 Å². The van der Waals surface area contributed by atoms with Crippen LogP contribution in [0.25, 0.3) is 5.57 Å². The van der Waals surface area contributed by atoms with Crippen molar-refractivity contribution in [3.8, 4) is 11.6 Å². The zero-order chi connectivity index (χ0) is 24.3. The highest BCUT2D eigenvalue weighted by Crippen LogP contribution is 2.37. The van der Waals surface area contributed by atoms with Gasteiger partial charge in [0.2, 0.25) is 5.88 Å². The monoisotopic (exact) mass is 472 g/mol. The highest BCUT2D eigenvalue weighted by atomic mass is 16.5. The topological polar surface area (TPSA) is 64.1 Å². The van der Waals surface area contributed by atoms with Gasteiger partial charge in [-0.05, 0) is 66.8 Å². The minimum absolute atomic E-state index is 0.148. The van der Waals surface area contributed by atoms with Crippen molar-refractivity contribution in [1.82, 2.24) is 9.88 Å². The van der Waals surface area contributed by atoms with Gasteiger partial charge >= 0.3 is 0 Å². The number of hydrogen-bond donors (Lipinski definition) is 1. The predicted molar refractivity (Wildman–Crippen MR) is 136 cm³/mol. The van der Waals surface area contributed by atoms with Crippen LogP contribution in [0.5, 0.6) is 11.6 Å². The molecule has 5 rings (SSSR count). The second-order valence-corrected chi connectivity index (χ2v) is 9.18. The molecule has 1 unspecified atom stereocenters. The van der Waals surface area contributed by atoms with Crippen molar-refractivity contribution in [2.45, 2.75) is 31.0 Å². The third-order valence-electron chi connectivity index (χ3n) is 7.10. The highest BCUT2D eigenvalue weighted by molar-refractivity contribution is 5.80. The Morgan fingerprint density at radius 2 is 1.97 bits per heavy atom. The summed E-state index contributed by atoms with van der Waals surface area (Å²) in [5.74, 6) is 2.20. The van der Waals surface area contributed by atoms with E-state index in [0.29, 0.717) is 5.88 Å². The van der Waals surface area contributed by atoms with Gasteiger partial charge in [0.25, 0.3) is 0 Å². The maximum absolute atomic E-state index is 11.2.